The molecular weight excluding hydrogens is 223 g/mol. The van der Waals surface area contributed by atoms with E-state index >= 15 is 0 Å². The molecule has 0 radical (unpaired) electrons. The average Bonchev–Trinajstić information content (AvgIpc) is 2.59. The predicted molar refractivity (Wildman–Crippen MR) is 59.9 cm³/mol. The molecule has 0 spiro atoms. The number of benzene rings is 1. The number of aryl methyl sites for hydroxylation is 1. The molecule has 0 saturated heterocycles. The highest BCUT2D eigenvalue weighted by molar-refractivity contribution is 5.70. The molecule has 2 aromatic rings. The second-order valence-corrected chi connectivity index (χ2v) is 3.74. The zero-order valence-corrected chi connectivity index (χ0v) is 9.22. The minimum Gasteiger partial charge on any atom is -0.481 e. The lowest BCUT2D eigenvalue weighted by Gasteiger charge is -2.00. The maximum atomic E-state index is 12.8. The number of hydrogen-bond acceptors (Lipinski definition) is 2. The van der Waals surface area contributed by atoms with Crippen molar-refractivity contribution in [2.45, 2.75) is 6.42 Å². The van der Waals surface area contributed by atoms with Crippen LogP contribution in [0.5, 0.6) is 0 Å². The van der Waals surface area contributed by atoms with Crippen LogP contribution in [0.25, 0.3) is 11.4 Å². The van der Waals surface area contributed by atoms with Gasteiger partial charge in [0.15, 0.2) is 0 Å². The van der Waals surface area contributed by atoms with Crippen molar-refractivity contribution in [2.24, 2.45) is 7.05 Å². The van der Waals surface area contributed by atoms with E-state index in [-0.39, 0.29) is 12.2 Å². The van der Waals surface area contributed by atoms with Gasteiger partial charge in [0, 0.05) is 18.8 Å². The van der Waals surface area contributed by atoms with Crippen LogP contribution in [-0.4, -0.2) is 20.6 Å². The summed E-state index contributed by atoms with van der Waals surface area (Å²) in [5.74, 6) is -0.608. The van der Waals surface area contributed by atoms with Gasteiger partial charge in [-0.1, -0.05) is 0 Å². The topological polar surface area (TPSA) is 55.1 Å². The molecule has 1 N–H and O–H groups in total. The summed E-state index contributed by atoms with van der Waals surface area (Å²) in [7, 11) is 1.77. The fourth-order valence-corrected chi connectivity index (χ4v) is 1.64. The van der Waals surface area contributed by atoms with E-state index in [1.165, 1.54) is 12.1 Å². The van der Waals surface area contributed by atoms with E-state index in [1.807, 2.05) is 0 Å². The smallest absolute Gasteiger partial charge is 0.309 e. The van der Waals surface area contributed by atoms with Gasteiger partial charge >= 0.3 is 5.97 Å². The van der Waals surface area contributed by atoms with Gasteiger partial charge in [-0.15, -0.1) is 0 Å². The normalized spacial score (nSPS) is 10.5. The second kappa shape index (κ2) is 4.37. The van der Waals surface area contributed by atoms with E-state index in [0.717, 1.165) is 5.56 Å². The first-order chi connectivity index (χ1) is 8.06. The van der Waals surface area contributed by atoms with E-state index in [9.17, 15) is 9.18 Å². The first kappa shape index (κ1) is 11.3. The highest BCUT2D eigenvalue weighted by Gasteiger charge is 2.10. The maximum absolute atomic E-state index is 12.8. The molecular formula is C12H11FN2O2. The number of hydrogen-bond donors (Lipinski definition) is 1. The van der Waals surface area contributed by atoms with Gasteiger partial charge in [-0.25, -0.2) is 9.37 Å². The summed E-state index contributed by atoms with van der Waals surface area (Å²) in [5.41, 5.74) is 1.24. The summed E-state index contributed by atoms with van der Waals surface area (Å²) < 4.78 is 14.5. The molecule has 1 aromatic heterocycles. The minimum absolute atomic E-state index is 0.116. The lowest BCUT2D eigenvalue weighted by atomic mass is 10.2. The van der Waals surface area contributed by atoms with Crippen LogP contribution >= 0.6 is 0 Å². The number of nitrogens with zero attached hydrogens (tertiary/aromatic N) is 2. The van der Waals surface area contributed by atoms with Gasteiger partial charge < -0.3 is 9.67 Å². The summed E-state index contributed by atoms with van der Waals surface area (Å²) >= 11 is 0. The molecule has 4 nitrogen and oxygen atoms in total. The standard InChI is InChI=1S/C12H11FN2O2/c1-15-7-10(6-11(16)17)14-12(15)8-2-4-9(13)5-3-8/h2-5,7H,6H2,1H3,(H,16,17). The fraction of sp³-hybridized carbons (Fsp3) is 0.167. The fourth-order valence-electron chi connectivity index (χ4n) is 1.64. The Labute approximate surface area is 97.3 Å². The molecule has 0 aliphatic carbocycles. The Hall–Kier alpha value is -2.17. The molecule has 0 atom stereocenters. The van der Waals surface area contributed by atoms with Crippen molar-refractivity contribution in [3.05, 3.63) is 42.0 Å². The number of rotatable bonds is 3. The highest BCUT2D eigenvalue weighted by atomic mass is 19.1. The van der Waals surface area contributed by atoms with Crippen LogP contribution in [0, 0.1) is 5.82 Å². The molecule has 1 heterocycles. The third-order valence-electron chi connectivity index (χ3n) is 2.36. The number of carbonyl (C=O) groups is 1. The van der Waals surface area contributed by atoms with Crippen molar-refractivity contribution in [3.8, 4) is 11.4 Å². The van der Waals surface area contributed by atoms with Crippen LogP contribution in [0.4, 0.5) is 4.39 Å². The Morgan fingerprint density at radius 1 is 1.41 bits per heavy atom. The second-order valence-electron chi connectivity index (χ2n) is 3.74. The van der Waals surface area contributed by atoms with Gasteiger partial charge in [0.2, 0.25) is 0 Å². The summed E-state index contributed by atoms with van der Waals surface area (Å²) in [4.78, 5) is 14.8. The Morgan fingerprint density at radius 2 is 2.06 bits per heavy atom. The van der Waals surface area contributed by atoms with Crippen LogP contribution in [0.2, 0.25) is 0 Å². The summed E-state index contributed by atoms with van der Waals surface area (Å²) in [6.07, 6.45) is 1.54. The SMILES string of the molecule is Cn1cc(CC(=O)O)nc1-c1ccc(F)cc1. The van der Waals surface area contributed by atoms with Gasteiger partial charge in [-0.2, -0.15) is 0 Å². The predicted octanol–water partition coefficient (Wildman–Crippen LogP) is 1.85. The average molecular weight is 234 g/mol. The van der Waals surface area contributed by atoms with Crippen LogP contribution in [0.1, 0.15) is 5.69 Å². The molecule has 2 rings (SSSR count). The Balaban J connectivity index is 2.35. The third kappa shape index (κ3) is 2.50. The summed E-state index contributed by atoms with van der Waals surface area (Å²) in [6, 6.07) is 5.92. The third-order valence-corrected chi connectivity index (χ3v) is 2.36. The Kier molecular flexibility index (Phi) is 2.91. The number of halogens is 1. The van der Waals surface area contributed by atoms with Gasteiger partial charge in [0.05, 0.1) is 12.1 Å². The molecule has 0 amide bonds. The Bertz CT molecular complexity index is 546. The van der Waals surface area contributed by atoms with Crippen LogP contribution in [-0.2, 0) is 18.3 Å². The van der Waals surface area contributed by atoms with Gasteiger partial charge in [0.25, 0.3) is 0 Å². The first-order valence-electron chi connectivity index (χ1n) is 5.06. The van der Waals surface area contributed by atoms with E-state index in [0.29, 0.717) is 11.5 Å². The van der Waals surface area contributed by atoms with Crippen molar-refractivity contribution in [2.75, 3.05) is 0 Å². The van der Waals surface area contributed by atoms with Gasteiger partial charge in [-0.3, -0.25) is 4.79 Å². The molecule has 88 valence electrons. The molecule has 1 aromatic carbocycles. The van der Waals surface area contributed by atoms with E-state index in [2.05, 4.69) is 4.98 Å². The number of carboxylic acids is 1. The van der Waals surface area contributed by atoms with Crippen molar-refractivity contribution in [1.29, 1.82) is 0 Å². The monoisotopic (exact) mass is 234 g/mol. The summed E-state index contributed by atoms with van der Waals surface area (Å²) in [6.45, 7) is 0. The van der Waals surface area contributed by atoms with Crippen LogP contribution < -0.4 is 0 Å². The van der Waals surface area contributed by atoms with E-state index in [1.54, 1.807) is 29.9 Å². The molecule has 0 saturated carbocycles. The minimum atomic E-state index is -0.922. The number of imidazole rings is 1. The van der Waals surface area contributed by atoms with Crippen LogP contribution in [0.15, 0.2) is 30.5 Å². The quantitative estimate of drug-likeness (QED) is 0.881. The van der Waals surface area contributed by atoms with E-state index in [4.69, 9.17) is 5.11 Å². The number of carboxylic acid groups (broad SMARTS) is 1. The van der Waals surface area contributed by atoms with Crippen LogP contribution in [0.3, 0.4) is 0 Å². The molecule has 0 aliphatic heterocycles. The number of aromatic nitrogens is 2. The Morgan fingerprint density at radius 3 is 2.65 bits per heavy atom. The molecule has 0 fully saturated rings. The van der Waals surface area contributed by atoms with Gasteiger partial charge in [-0.05, 0) is 24.3 Å². The molecule has 0 aliphatic rings. The van der Waals surface area contributed by atoms with Crippen molar-refractivity contribution < 1.29 is 14.3 Å². The molecule has 0 unspecified atom stereocenters. The highest BCUT2D eigenvalue weighted by Crippen LogP contribution is 2.18. The number of aliphatic carboxylic acids is 1. The molecule has 0 bridgehead atoms. The van der Waals surface area contributed by atoms with Gasteiger partial charge in [0.1, 0.15) is 11.6 Å². The van der Waals surface area contributed by atoms with Crippen molar-refractivity contribution in [3.63, 3.8) is 0 Å². The molecule has 17 heavy (non-hydrogen) atoms. The van der Waals surface area contributed by atoms with Crippen molar-refractivity contribution in [1.82, 2.24) is 9.55 Å². The first-order valence-corrected chi connectivity index (χ1v) is 5.06. The summed E-state index contributed by atoms with van der Waals surface area (Å²) in [5, 5.41) is 8.68. The largest absolute Gasteiger partial charge is 0.481 e. The zero-order chi connectivity index (χ0) is 12.4. The zero-order valence-electron chi connectivity index (χ0n) is 9.22. The lowest BCUT2D eigenvalue weighted by Crippen LogP contribution is -1.99. The van der Waals surface area contributed by atoms with Crippen molar-refractivity contribution >= 4 is 5.97 Å². The maximum Gasteiger partial charge on any atom is 0.309 e. The lowest BCUT2D eigenvalue weighted by molar-refractivity contribution is -0.136. The molecule has 5 heteroatoms. The van der Waals surface area contributed by atoms with E-state index < -0.39 is 5.97 Å².